The molecule has 0 amide bonds. The standard InChI is InChI=1S/C14H23NO/c1-11(12-7-6-10-16-12)15-13-8-4-5-9-14(13,2)3/h6-7,10-11,13,15H,4-5,8-9H2,1-3H3/t11-,13?/m0/s1. The highest BCUT2D eigenvalue weighted by Crippen LogP contribution is 2.36. The smallest absolute Gasteiger partial charge is 0.120 e. The number of nitrogens with one attached hydrogen (secondary N) is 1. The lowest BCUT2D eigenvalue weighted by Crippen LogP contribution is -2.45. The molecule has 0 bridgehead atoms. The summed E-state index contributed by atoms with van der Waals surface area (Å²) in [6.07, 6.45) is 7.10. The van der Waals surface area contributed by atoms with Crippen LogP contribution < -0.4 is 5.32 Å². The van der Waals surface area contributed by atoms with Gasteiger partial charge in [0.05, 0.1) is 12.3 Å². The Morgan fingerprint density at radius 3 is 2.88 bits per heavy atom. The Kier molecular flexibility index (Phi) is 3.38. The van der Waals surface area contributed by atoms with Crippen LogP contribution in [-0.4, -0.2) is 6.04 Å². The van der Waals surface area contributed by atoms with E-state index in [0.717, 1.165) is 5.76 Å². The highest BCUT2D eigenvalue weighted by Gasteiger charge is 2.33. The Morgan fingerprint density at radius 2 is 2.25 bits per heavy atom. The molecule has 1 heterocycles. The van der Waals surface area contributed by atoms with E-state index in [4.69, 9.17) is 4.42 Å². The molecule has 2 heteroatoms. The molecule has 16 heavy (non-hydrogen) atoms. The van der Waals surface area contributed by atoms with Gasteiger partial charge in [0, 0.05) is 6.04 Å². The molecule has 0 aromatic carbocycles. The lowest BCUT2D eigenvalue weighted by molar-refractivity contribution is 0.153. The quantitative estimate of drug-likeness (QED) is 0.837. The average molecular weight is 221 g/mol. The van der Waals surface area contributed by atoms with Gasteiger partial charge in [-0.15, -0.1) is 0 Å². The molecule has 2 atom stereocenters. The third-order valence-corrected chi connectivity index (χ3v) is 3.93. The average Bonchev–Trinajstić information content (AvgIpc) is 2.74. The lowest BCUT2D eigenvalue weighted by atomic mass is 9.73. The molecular weight excluding hydrogens is 198 g/mol. The predicted octanol–water partition coefficient (Wildman–Crippen LogP) is 3.90. The van der Waals surface area contributed by atoms with Crippen molar-refractivity contribution in [2.75, 3.05) is 0 Å². The van der Waals surface area contributed by atoms with Crippen LogP contribution in [0.5, 0.6) is 0 Å². The van der Waals surface area contributed by atoms with E-state index in [-0.39, 0.29) is 0 Å². The van der Waals surface area contributed by atoms with Gasteiger partial charge >= 0.3 is 0 Å². The number of furan rings is 1. The molecule has 1 aliphatic carbocycles. The normalized spacial score (nSPS) is 26.6. The van der Waals surface area contributed by atoms with Crippen molar-refractivity contribution in [2.24, 2.45) is 5.41 Å². The van der Waals surface area contributed by atoms with E-state index in [1.165, 1.54) is 25.7 Å². The first-order valence-electron chi connectivity index (χ1n) is 6.39. The molecule has 2 nitrogen and oxygen atoms in total. The van der Waals surface area contributed by atoms with Crippen LogP contribution >= 0.6 is 0 Å². The summed E-state index contributed by atoms with van der Waals surface area (Å²) in [6, 6.07) is 4.94. The second kappa shape index (κ2) is 4.62. The zero-order valence-corrected chi connectivity index (χ0v) is 10.6. The number of hydrogen-bond acceptors (Lipinski definition) is 2. The minimum atomic E-state index is 0.317. The lowest BCUT2D eigenvalue weighted by Gasteiger charge is -2.40. The maximum absolute atomic E-state index is 5.44. The van der Waals surface area contributed by atoms with Crippen molar-refractivity contribution in [1.82, 2.24) is 5.32 Å². The molecule has 2 rings (SSSR count). The maximum atomic E-state index is 5.44. The third-order valence-electron chi connectivity index (χ3n) is 3.93. The van der Waals surface area contributed by atoms with Crippen molar-refractivity contribution in [3.8, 4) is 0 Å². The molecule has 1 aliphatic rings. The molecule has 1 N–H and O–H groups in total. The van der Waals surface area contributed by atoms with Gasteiger partial charge in [-0.3, -0.25) is 0 Å². The third kappa shape index (κ3) is 2.49. The van der Waals surface area contributed by atoms with Gasteiger partial charge in [0.15, 0.2) is 0 Å². The van der Waals surface area contributed by atoms with Gasteiger partial charge in [-0.1, -0.05) is 26.7 Å². The van der Waals surface area contributed by atoms with Crippen LogP contribution in [-0.2, 0) is 0 Å². The predicted molar refractivity (Wildman–Crippen MR) is 66.3 cm³/mol. The first kappa shape index (κ1) is 11.7. The minimum Gasteiger partial charge on any atom is -0.468 e. The van der Waals surface area contributed by atoms with Crippen LogP contribution in [0, 0.1) is 5.41 Å². The van der Waals surface area contributed by atoms with E-state index in [1.54, 1.807) is 6.26 Å². The second-order valence-corrected chi connectivity index (χ2v) is 5.69. The van der Waals surface area contributed by atoms with E-state index in [0.29, 0.717) is 17.5 Å². The molecule has 1 unspecified atom stereocenters. The summed E-state index contributed by atoms with van der Waals surface area (Å²) in [6.45, 7) is 6.93. The van der Waals surface area contributed by atoms with Crippen molar-refractivity contribution >= 4 is 0 Å². The van der Waals surface area contributed by atoms with Crippen molar-refractivity contribution in [3.63, 3.8) is 0 Å². The first-order chi connectivity index (χ1) is 7.59. The van der Waals surface area contributed by atoms with E-state index < -0.39 is 0 Å². The van der Waals surface area contributed by atoms with Crippen LogP contribution in [0.3, 0.4) is 0 Å². The Bertz CT molecular complexity index is 315. The molecular formula is C14H23NO. The van der Waals surface area contributed by atoms with Crippen molar-refractivity contribution in [3.05, 3.63) is 24.2 Å². The Balaban J connectivity index is 1.98. The fourth-order valence-electron chi connectivity index (χ4n) is 2.72. The zero-order valence-electron chi connectivity index (χ0n) is 10.6. The molecule has 1 aromatic heterocycles. The van der Waals surface area contributed by atoms with Crippen LogP contribution in [0.25, 0.3) is 0 Å². The molecule has 0 saturated heterocycles. The molecule has 90 valence electrons. The van der Waals surface area contributed by atoms with Crippen molar-refractivity contribution < 1.29 is 4.42 Å². The van der Waals surface area contributed by atoms with Gasteiger partial charge in [0.25, 0.3) is 0 Å². The Hall–Kier alpha value is -0.760. The fourth-order valence-corrected chi connectivity index (χ4v) is 2.72. The van der Waals surface area contributed by atoms with E-state index in [2.05, 4.69) is 26.1 Å². The van der Waals surface area contributed by atoms with Gasteiger partial charge in [-0.25, -0.2) is 0 Å². The van der Waals surface area contributed by atoms with Crippen LogP contribution in [0.1, 0.15) is 58.3 Å². The molecule has 1 saturated carbocycles. The minimum absolute atomic E-state index is 0.317. The molecule has 1 fully saturated rings. The monoisotopic (exact) mass is 221 g/mol. The molecule has 0 spiro atoms. The summed E-state index contributed by atoms with van der Waals surface area (Å²) in [5, 5.41) is 3.72. The molecule has 1 aromatic rings. The zero-order chi connectivity index (χ0) is 11.6. The van der Waals surface area contributed by atoms with Gasteiger partial charge in [-0.2, -0.15) is 0 Å². The summed E-state index contributed by atoms with van der Waals surface area (Å²) in [5.74, 6) is 1.04. The topological polar surface area (TPSA) is 25.2 Å². The van der Waals surface area contributed by atoms with Gasteiger partial charge < -0.3 is 9.73 Å². The Morgan fingerprint density at radius 1 is 1.44 bits per heavy atom. The molecule has 0 aliphatic heterocycles. The summed E-state index contributed by atoms with van der Waals surface area (Å²) in [4.78, 5) is 0. The molecule has 0 radical (unpaired) electrons. The van der Waals surface area contributed by atoms with Crippen LogP contribution in [0.15, 0.2) is 22.8 Å². The van der Waals surface area contributed by atoms with Gasteiger partial charge in [0.1, 0.15) is 5.76 Å². The van der Waals surface area contributed by atoms with Crippen molar-refractivity contribution in [1.29, 1.82) is 0 Å². The summed E-state index contributed by atoms with van der Waals surface area (Å²) >= 11 is 0. The fraction of sp³-hybridized carbons (Fsp3) is 0.714. The van der Waals surface area contributed by atoms with E-state index in [9.17, 15) is 0 Å². The van der Waals surface area contributed by atoms with Crippen LogP contribution in [0.2, 0.25) is 0 Å². The summed E-state index contributed by atoms with van der Waals surface area (Å²) in [7, 11) is 0. The van der Waals surface area contributed by atoms with Gasteiger partial charge in [-0.05, 0) is 37.3 Å². The number of rotatable bonds is 3. The summed E-state index contributed by atoms with van der Waals surface area (Å²) in [5.41, 5.74) is 0.416. The highest BCUT2D eigenvalue weighted by molar-refractivity contribution is 5.04. The van der Waals surface area contributed by atoms with E-state index in [1.807, 2.05) is 12.1 Å². The van der Waals surface area contributed by atoms with E-state index >= 15 is 0 Å². The first-order valence-corrected chi connectivity index (χ1v) is 6.39. The maximum Gasteiger partial charge on any atom is 0.120 e. The summed E-state index contributed by atoms with van der Waals surface area (Å²) < 4.78 is 5.44. The van der Waals surface area contributed by atoms with Crippen molar-refractivity contribution in [2.45, 2.75) is 58.5 Å². The number of hydrogen-bond donors (Lipinski definition) is 1. The largest absolute Gasteiger partial charge is 0.468 e. The highest BCUT2D eigenvalue weighted by atomic mass is 16.3. The Labute approximate surface area is 98.4 Å². The van der Waals surface area contributed by atoms with Gasteiger partial charge in [0.2, 0.25) is 0 Å². The SMILES string of the molecule is C[C@H](NC1CCCCC1(C)C)c1ccco1. The van der Waals surface area contributed by atoms with Crippen LogP contribution in [0.4, 0.5) is 0 Å². The second-order valence-electron chi connectivity index (χ2n) is 5.69.